The van der Waals surface area contributed by atoms with Gasteiger partial charge in [0.05, 0.1) is 22.6 Å². The van der Waals surface area contributed by atoms with Crippen LogP contribution in [0.1, 0.15) is 10.4 Å². The van der Waals surface area contributed by atoms with Crippen LogP contribution >= 0.6 is 15.9 Å². The van der Waals surface area contributed by atoms with Crippen LogP contribution in [-0.4, -0.2) is 5.97 Å². The van der Waals surface area contributed by atoms with E-state index in [0.29, 0.717) is 33.3 Å². The number of carbonyl (C=O) groups is 1. The predicted octanol–water partition coefficient (Wildman–Crippen LogP) is 4.52. The Morgan fingerprint density at radius 3 is 2.67 bits per heavy atom. The van der Waals surface area contributed by atoms with E-state index < -0.39 is 11.6 Å². The SMILES string of the molecule is O=C(Oc1c2ccoc2cc2oc(=O)ccc12)c1cccc(Br)c1. The molecule has 0 spiro atoms. The minimum absolute atomic E-state index is 0.294. The molecular formula is C18H9BrO5. The summed E-state index contributed by atoms with van der Waals surface area (Å²) in [6, 6.07) is 13.0. The van der Waals surface area contributed by atoms with E-state index in [1.54, 1.807) is 36.4 Å². The number of ether oxygens (including phenoxy) is 1. The number of esters is 1. The molecule has 0 N–H and O–H groups in total. The summed E-state index contributed by atoms with van der Waals surface area (Å²) in [7, 11) is 0. The Hall–Kier alpha value is -2.86. The Morgan fingerprint density at radius 1 is 1.00 bits per heavy atom. The Balaban J connectivity index is 1.89. The normalized spacial score (nSPS) is 11.0. The molecule has 0 atom stereocenters. The molecule has 0 aliphatic carbocycles. The van der Waals surface area contributed by atoms with Crippen molar-refractivity contribution in [2.24, 2.45) is 0 Å². The number of hydrogen-bond acceptors (Lipinski definition) is 5. The van der Waals surface area contributed by atoms with E-state index in [9.17, 15) is 9.59 Å². The maximum Gasteiger partial charge on any atom is 0.343 e. The highest BCUT2D eigenvalue weighted by Crippen LogP contribution is 2.35. The fourth-order valence-electron chi connectivity index (χ4n) is 2.49. The summed E-state index contributed by atoms with van der Waals surface area (Å²) in [6.45, 7) is 0. The maximum absolute atomic E-state index is 12.5. The van der Waals surface area contributed by atoms with E-state index in [-0.39, 0.29) is 0 Å². The topological polar surface area (TPSA) is 69.7 Å². The zero-order valence-electron chi connectivity index (χ0n) is 12.1. The smallest absolute Gasteiger partial charge is 0.343 e. The van der Waals surface area contributed by atoms with Crippen LogP contribution in [0.2, 0.25) is 0 Å². The summed E-state index contributed by atoms with van der Waals surface area (Å²) in [4.78, 5) is 23.9. The Bertz CT molecular complexity index is 1140. The summed E-state index contributed by atoms with van der Waals surface area (Å²) in [6.07, 6.45) is 1.48. The Morgan fingerprint density at radius 2 is 1.83 bits per heavy atom. The molecule has 0 aliphatic heterocycles. The zero-order chi connectivity index (χ0) is 16.7. The first kappa shape index (κ1) is 14.7. The van der Waals surface area contributed by atoms with Crippen LogP contribution in [0.25, 0.3) is 21.9 Å². The third kappa shape index (κ3) is 2.51. The molecule has 0 amide bonds. The molecule has 5 nitrogen and oxygen atoms in total. The molecule has 0 radical (unpaired) electrons. The molecule has 6 heteroatoms. The number of halogens is 1. The number of furan rings is 1. The zero-order valence-corrected chi connectivity index (χ0v) is 13.7. The summed E-state index contributed by atoms with van der Waals surface area (Å²) in [5, 5.41) is 1.14. The molecule has 2 aromatic heterocycles. The average Bonchev–Trinajstić information content (AvgIpc) is 3.02. The molecular weight excluding hydrogens is 376 g/mol. The summed E-state index contributed by atoms with van der Waals surface area (Å²) in [5.41, 5.74) is 0.670. The van der Waals surface area contributed by atoms with Gasteiger partial charge in [0, 0.05) is 16.6 Å². The molecule has 24 heavy (non-hydrogen) atoms. The van der Waals surface area contributed by atoms with Gasteiger partial charge in [-0.15, -0.1) is 0 Å². The average molecular weight is 385 g/mol. The van der Waals surface area contributed by atoms with Crippen LogP contribution in [0, 0.1) is 0 Å². The lowest BCUT2D eigenvalue weighted by atomic mass is 10.1. The van der Waals surface area contributed by atoms with E-state index in [0.717, 1.165) is 4.47 Å². The van der Waals surface area contributed by atoms with Gasteiger partial charge in [-0.05, 0) is 30.3 Å². The van der Waals surface area contributed by atoms with Crippen molar-refractivity contribution in [3.05, 3.63) is 75.3 Å². The van der Waals surface area contributed by atoms with Gasteiger partial charge in [-0.1, -0.05) is 22.0 Å². The first-order valence-corrected chi connectivity index (χ1v) is 7.83. The van der Waals surface area contributed by atoms with Crippen molar-refractivity contribution in [1.82, 2.24) is 0 Å². The Labute approximate surface area is 143 Å². The minimum Gasteiger partial charge on any atom is -0.464 e. The molecule has 0 bridgehead atoms. The number of fused-ring (bicyclic) bond motifs is 2. The molecule has 118 valence electrons. The van der Waals surface area contributed by atoms with Crippen LogP contribution in [0.3, 0.4) is 0 Å². The van der Waals surface area contributed by atoms with E-state index in [2.05, 4.69) is 15.9 Å². The van der Waals surface area contributed by atoms with Gasteiger partial charge in [-0.3, -0.25) is 0 Å². The highest BCUT2D eigenvalue weighted by Gasteiger charge is 2.17. The molecule has 2 aromatic carbocycles. The Kier molecular flexibility index (Phi) is 3.46. The van der Waals surface area contributed by atoms with Crippen molar-refractivity contribution in [3.8, 4) is 5.75 Å². The largest absolute Gasteiger partial charge is 0.464 e. The van der Waals surface area contributed by atoms with Gasteiger partial charge < -0.3 is 13.6 Å². The van der Waals surface area contributed by atoms with Crippen molar-refractivity contribution in [3.63, 3.8) is 0 Å². The van der Waals surface area contributed by atoms with E-state index in [1.165, 1.54) is 12.3 Å². The second kappa shape index (κ2) is 5.65. The lowest BCUT2D eigenvalue weighted by molar-refractivity contribution is 0.0739. The lowest BCUT2D eigenvalue weighted by Crippen LogP contribution is -2.09. The third-order valence-electron chi connectivity index (χ3n) is 3.56. The van der Waals surface area contributed by atoms with Crippen molar-refractivity contribution in [2.45, 2.75) is 0 Å². The number of hydrogen-bond donors (Lipinski definition) is 0. The third-order valence-corrected chi connectivity index (χ3v) is 4.06. The first-order valence-electron chi connectivity index (χ1n) is 7.03. The van der Waals surface area contributed by atoms with Gasteiger partial charge in [-0.2, -0.15) is 0 Å². The van der Waals surface area contributed by atoms with E-state index in [1.807, 2.05) is 6.07 Å². The van der Waals surface area contributed by atoms with Gasteiger partial charge in [0.25, 0.3) is 0 Å². The molecule has 4 rings (SSSR count). The monoisotopic (exact) mass is 384 g/mol. The maximum atomic E-state index is 12.5. The van der Waals surface area contributed by atoms with Gasteiger partial charge in [0.1, 0.15) is 11.2 Å². The minimum atomic E-state index is -0.516. The van der Waals surface area contributed by atoms with Crippen LogP contribution in [0.5, 0.6) is 5.75 Å². The first-order chi connectivity index (χ1) is 11.6. The molecule has 0 saturated heterocycles. The number of carbonyl (C=O) groups excluding carboxylic acids is 1. The fraction of sp³-hybridized carbons (Fsp3) is 0. The standard InChI is InChI=1S/C18H9BrO5/c19-11-3-1-2-10(8-11)18(21)24-17-12-4-5-16(20)23-15(12)9-14-13(17)6-7-22-14/h1-9H. The highest BCUT2D eigenvalue weighted by atomic mass is 79.9. The van der Waals surface area contributed by atoms with Crippen LogP contribution < -0.4 is 10.4 Å². The molecule has 4 aromatic rings. The van der Waals surface area contributed by atoms with Gasteiger partial charge in [0.2, 0.25) is 0 Å². The quantitative estimate of drug-likeness (QED) is 0.288. The van der Waals surface area contributed by atoms with Crippen molar-refractivity contribution in [1.29, 1.82) is 0 Å². The van der Waals surface area contributed by atoms with Crippen LogP contribution in [0.15, 0.2) is 72.9 Å². The van der Waals surface area contributed by atoms with Crippen LogP contribution in [-0.2, 0) is 0 Å². The predicted molar refractivity (Wildman–Crippen MR) is 91.4 cm³/mol. The molecule has 0 saturated carbocycles. The summed E-state index contributed by atoms with van der Waals surface area (Å²) < 4.78 is 16.9. The van der Waals surface area contributed by atoms with E-state index >= 15 is 0 Å². The van der Waals surface area contributed by atoms with Crippen molar-refractivity contribution < 1.29 is 18.4 Å². The number of rotatable bonds is 2. The van der Waals surface area contributed by atoms with Gasteiger partial charge in [0.15, 0.2) is 5.75 Å². The lowest BCUT2D eigenvalue weighted by Gasteiger charge is -2.08. The van der Waals surface area contributed by atoms with Crippen molar-refractivity contribution in [2.75, 3.05) is 0 Å². The van der Waals surface area contributed by atoms with Gasteiger partial charge >= 0.3 is 11.6 Å². The summed E-state index contributed by atoms with van der Waals surface area (Å²) in [5.74, 6) is -0.220. The van der Waals surface area contributed by atoms with E-state index in [4.69, 9.17) is 13.6 Å². The van der Waals surface area contributed by atoms with Gasteiger partial charge in [-0.25, -0.2) is 9.59 Å². The number of benzene rings is 2. The van der Waals surface area contributed by atoms with Crippen molar-refractivity contribution >= 4 is 43.8 Å². The molecule has 0 unspecified atom stereocenters. The highest BCUT2D eigenvalue weighted by molar-refractivity contribution is 9.10. The second-order valence-corrected chi connectivity index (χ2v) is 6.02. The molecule has 2 heterocycles. The van der Waals surface area contributed by atoms with Crippen LogP contribution in [0.4, 0.5) is 0 Å². The second-order valence-electron chi connectivity index (χ2n) is 5.10. The molecule has 0 aliphatic rings. The fourth-order valence-corrected chi connectivity index (χ4v) is 2.89. The summed E-state index contributed by atoms with van der Waals surface area (Å²) >= 11 is 3.32. The molecule has 0 fully saturated rings.